The molecule has 1 saturated carbocycles. The predicted molar refractivity (Wildman–Crippen MR) is 77.1 cm³/mol. The molecule has 1 heterocycles. The zero-order valence-corrected chi connectivity index (χ0v) is 12.4. The van der Waals surface area contributed by atoms with E-state index in [4.69, 9.17) is 10.5 Å². The molecule has 0 bridgehead atoms. The van der Waals surface area contributed by atoms with Gasteiger partial charge in [0.05, 0.1) is 25.0 Å². The number of nitrogens with zero attached hydrogens (tertiary/aromatic N) is 2. The highest BCUT2D eigenvalue weighted by Crippen LogP contribution is 2.41. The molecule has 3 atom stereocenters. The lowest BCUT2D eigenvalue weighted by Gasteiger charge is -2.21. The third-order valence-electron chi connectivity index (χ3n) is 4.48. The van der Waals surface area contributed by atoms with Crippen molar-refractivity contribution in [3.63, 3.8) is 0 Å². The average Bonchev–Trinajstić information content (AvgIpc) is 3.04. The van der Waals surface area contributed by atoms with E-state index in [9.17, 15) is 0 Å². The number of nitrogens with two attached hydrogens (primary N) is 1. The van der Waals surface area contributed by atoms with E-state index in [0.717, 1.165) is 30.3 Å². The average molecular weight is 265 g/mol. The van der Waals surface area contributed by atoms with Gasteiger partial charge in [0.1, 0.15) is 0 Å². The zero-order valence-electron chi connectivity index (χ0n) is 12.4. The first-order valence-electron chi connectivity index (χ1n) is 7.56. The van der Waals surface area contributed by atoms with Crippen molar-refractivity contribution in [3.8, 4) is 5.75 Å². The van der Waals surface area contributed by atoms with Crippen LogP contribution in [0.1, 0.15) is 57.7 Å². The minimum atomic E-state index is 0.0561. The Morgan fingerprint density at radius 1 is 1.47 bits per heavy atom. The third kappa shape index (κ3) is 2.94. The van der Waals surface area contributed by atoms with Crippen molar-refractivity contribution in [2.75, 3.05) is 7.11 Å². The Bertz CT molecular complexity index is 402. The molecule has 3 unspecified atom stereocenters. The first-order chi connectivity index (χ1) is 9.21. The standard InChI is InChI=1S/C15H27N3O/c1-4-8-18-15(13(19-3)10-17-18)14(16)12-7-6-11(5-2)9-12/h10-12,14H,4-9,16H2,1-3H3. The van der Waals surface area contributed by atoms with Crippen molar-refractivity contribution in [2.24, 2.45) is 17.6 Å². The molecule has 108 valence electrons. The molecular formula is C15H27N3O. The zero-order chi connectivity index (χ0) is 13.8. The van der Waals surface area contributed by atoms with Crippen LogP contribution in [0.25, 0.3) is 0 Å². The molecule has 1 aromatic heterocycles. The van der Waals surface area contributed by atoms with Crippen LogP contribution in [-0.2, 0) is 6.54 Å². The Morgan fingerprint density at radius 2 is 2.26 bits per heavy atom. The van der Waals surface area contributed by atoms with E-state index < -0.39 is 0 Å². The summed E-state index contributed by atoms with van der Waals surface area (Å²) in [4.78, 5) is 0. The van der Waals surface area contributed by atoms with Crippen molar-refractivity contribution in [2.45, 2.75) is 58.5 Å². The van der Waals surface area contributed by atoms with Gasteiger partial charge in [-0.3, -0.25) is 4.68 Å². The fourth-order valence-corrected chi connectivity index (χ4v) is 3.30. The summed E-state index contributed by atoms with van der Waals surface area (Å²) < 4.78 is 7.47. The number of methoxy groups -OCH3 is 1. The summed E-state index contributed by atoms with van der Waals surface area (Å²) in [5, 5.41) is 4.42. The quantitative estimate of drug-likeness (QED) is 0.859. The van der Waals surface area contributed by atoms with Gasteiger partial charge in [-0.05, 0) is 31.1 Å². The van der Waals surface area contributed by atoms with E-state index in [-0.39, 0.29) is 6.04 Å². The fraction of sp³-hybridized carbons (Fsp3) is 0.800. The molecule has 0 aromatic carbocycles. The molecule has 2 N–H and O–H groups in total. The topological polar surface area (TPSA) is 53.1 Å². The summed E-state index contributed by atoms with van der Waals surface area (Å²) in [5.41, 5.74) is 7.62. The van der Waals surface area contributed by atoms with Gasteiger partial charge < -0.3 is 10.5 Å². The molecule has 19 heavy (non-hydrogen) atoms. The Balaban J connectivity index is 2.17. The Kier molecular flexibility index (Phi) is 4.86. The highest BCUT2D eigenvalue weighted by atomic mass is 16.5. The Morgan fingerprint density at radius 3 is 2.84 bits per heavy atom. The van der Waals surface area contributed by atoms with Crippen molar-refractivity contribution < 1.29 is 4.74 Å². The SMILES string of the molecule is CCCn1ncc(OC)c1C(N)C1CCC(CC)C1. The normalized spacial score (nSPS) is 24.6. The lowest BCUT2D eigenvalue weighted by molar-refractivity contribution is 0.362. The molecule has 0 aliphatic heterocycles. The highest BCUT2D eigenvalue weighted by molar-refractivity contribution is 5.28. The highest BCUT2D eigenvalue weighted by Gasteiger charge is 2.32. The van der Waals surface area contributed by atoms with Crippen LogP contribution >= 0.6 is 0 Å². The number of aryl methyl sites for hydroxylation is 1. The number of ether oxygens (including phenoxy) is 1. The van der Waals surface area contributed by atoms with Gasteiger partial charge in [-0.25, -0.2) is 0 Å². The van der Waals surface area contributed by atoms with Gasteiger partial charge in [0.25, 0.3) is 0 Å². The molecule has 1 aliphatic rings. The summed E-state index contributed by atoms with van der Waals surface area (Å²) in [6.45, 7) is 5.35. The maximum absolute atomic E-state index is 6.53. The van der Waals surface area contributed by atoms with Crippen LogP contribution in [0.4, 0.5) is 0 Å². The molecule has 4 heteroatoms. The molecule has 2 rings (SSSR count). The van der Waals surface area contributed by atoms with Crippen molar-refractivity contribution in [1.29, 1.82) is 0 Å². The van der Waals surface area contributed by atoms with E-state index in [1.807, 2.05) is 4.68 Å². The van der Waals surface area contributed by atoms with E-state index in [1.165, 1.54) is 25.7 Å². The van der Waals surface area contributed by atoms with Crippen LogP contribution in [-0.4, -0.2) is 16.9 Å². The van der Waals surface area contributed by atoms with E-state index in [2.05, 4.69) is 18.9 Å². The van der Waals surface area contributed by atoms with Gasteiger partial charge >= 0.3 is 0 Å². The van der Waals surface area contributed by atoms with Gasteiger partial charge in [0, 0.05) is 6.54 Å². The van der Waals surface area contributed by atoms with Gasteiger partial charge in [-0.2, -0.15) is 5.10 Å². The fourth-order valence-electron chi connectivity index (χ4n) is 3.30. The van der Waals surface area contributed by atoms with E-state index in [0.29, 0.717) is 5.92 Å². The summed E-state index contributed by atoms with van der Waals surface area (Å²) in [7, 11) is 1.70. The lowest BCUT2D eigenvalue weighted by Crippen LogP contribution is -2.24. The number of hydrogen-bond acceptors (Lipinski definition) is 3. The summed E-state index contributed by atoms with van der Waals surface area (Å²) in [6.07, 6.45) is 7.94. The Hall–Kier alpha value is -1.03. The summed E-state index contributed by atoms with van der Waals surface area (Å²) >= 11 is 0. The molecular weight excluding hydrogens is 238 g/mol. The van der Waals surface area contributed by atoms with E-state index >= 15 is 0 Å². The maximum atomic E-state index is 6.53. The van der Waals surface area contributed by atoms with Gasteiger partial charge in [-0.15, -0.1) is 0 Å². The second-order valence-corrected chi connectivity index (χ2v) is 5.69. The van der Waals surface area contributed by atoms with Crippen LogP contribution in [0.5, 0.6) is 5.75 Å². The monoisotopic (exact) mass is 265 g/mol. The molecule has 0 spiro atoms. The number of hydrogen-bond donors (Lipinski definition) is 1. The minimum absolute atomic E-state index is 0.0561. The van der Waals surface area contributed by atoms with Crippen LogP contribution in [0.3, 0.4) is 0 Å². The Labute approximate surface area is 116 Å². The number of rotatable bonds is 6. The summed E-state index contributed by atoms with van der Waals surface area (Å²) in [5.74, 6) is 2.27. The maximum Gasteiger partial charge on any atom is 0.161 e. The molecule has 0 amide bonds. The molecule has 1 aliphatic carbocycles. The molecule has 1 aromatic rings. The first kappa shape index (κ1) is 14.4. The minimum Gasteiger partial charge on any atom is -0.493 e. The molecule has 0 saturated heterocycles. The largest absolute Gasteiger partial charge is 0.493 e. The second-order valence-electron chi connectivity index (χ2n) is 5.69. The molecule has 1 fully saturated rings. The predicted octanol–water partition coefficient (Wildman–Crippen LogP) is 3.13. The number of aromatic nitrogens is 2. The van der Waals surface area contributed by atoms with Crippen LogP contribution in [0.15, 0.2) is 6.20 Å². The van der Waals surface area contributed by atoms with Crippen LogP contribution in [0.2, 0.25) is 0 Å². The smallest absolute Gasteiger partial charge is 0.161 e. The van der Waals surface area contributed by atoms with Gasteiger partial charge in [0.15, 0.2) is 5.75 Å². The second kappa shape index (κ2) is 6.42. The van der Waals surface area contributed by atoms with E-state index in [1.54, 1.807) is 13.3 Å². The third-order valence-corrected chi connectivity index (χ3v) is 4.48. The lowest BCUT2D eigenvalue weighted by atomic mass is 9.94. The van der Waals surface area contributed by atoms with Crippen molar-refractivity contribution in [1.82, 2.24) is 9.78 Å². The van der Waals surface area contributed by atoms with Gasteiger partial charge in [-0.1, -0.05) is 26.7 Å². The summed E-state index contributed by atoms with van der Waals surface area (Å²) in [6, 6.07) is 0.0561. The van der Waals surface area contributed by atoms with Crippen LogP contribution < -0.4 is 10.5 Å². The first-order valence-corrected chi connectivity index (χ1v) is 7.56. The van der Waals surface area contributed by atoms with Crippen LogP contribution in [0, 0.1) is 11.8 Å². The van der Waals surface area contributed by atoms with Crippen molar-refractivity contribution in [3.05, 3.63) is 11.9 Å². The van der Waals surface area contributed by atoms with Gasteiger partial charge in [0.2, 0.25) is 0 Å². The molecule has 4 nitrogen and oxygen atoms in total. The molecule has 0 radical (unpaired) electrons. The van der Waals surface area contributed by atoms with Crippen molar-refractivity contribution >= 4 is 0 Å².